The maximum atomic E-state index is 10.8. The number of furan rings is 1. The minimum Gasteiger partial charge on any atom is -0.478 e. The highest BCUT2D eigenvalue weighted by molar-refractivity contribution is 6.15. The van der Waals surface area contributed by atoms with Crippen LogP contribution in [0.4, 0.5) is 0 Å². The van der Waals surface area contributed by atoms with Gasteiger partial charge in [0.1, 0.15) is 5.76 Å². The molecule has 0 radical (unpaired) electrons. The van der Waals surface area contributed by atoms with Crippen LogP contribution in [-0.2, 0) is 11.8 Å². The van der Waals surface area contributed by atoms with Gasteiger partial charge in [0, 0.05) is 18.3 Å². The van der Waals surface area contributed by atoms with Crippen molar-refractivity contribution in [3.8, 4) is 0 Å². The quantitative estimate of drug-likeness (QED) is 0.784. The Balaban J connectivity index is 2.71. The molecule has 0 aliphatic carbocycles. The van der Waals surface area contributed by atoms with E-state index in [0.29, 0.717) is 11.5 Å². The fourth-order valence-electron chi connectivity index (χ4n) is 1.75. The summed E-state index contributed by atoms with van der Waals surface area (Å²) in [6, 6.07) is 0. The standard InChI is InChI=1S/C11H12N2O3/c1-5-8-7(3)13(4)12-10(8)16-9(5)6(2)11(14)15/h2H2,1,3-4H3,(H,14,15). The number of carboxylic acids is 1. The number of carboxylic acid groups (broad SMARTS) is 1. The number of aryl methyl sites for hydroxylation is 3. The molecular formula is C11H12N2O3. The predicted octanol–water partition coefficient (Wildman–Crippen LogP) is 1.88. The Morgan fingerprint density at radius 3 is 2.62 bits per heavy atom. The van der Waals surface area contributed by atoms with E-state index in [2.05, 4.69) is 11.7 Å². The van der Waals surface area contributed by atoms with Gasteiger partial charge in [-0.15, -0.1) is 5.10 Å². The van der Waals surface area contributed by atoms with Crippen molar-refractivity contribution in [3.63, 3.8) is 0 Å². The Morgan fingerprint density at radius 1 is 1.50 bits per heavy atom. The van der Waals surface area contributed by atoms with Crippen LogP contribution in [0.2, 0.25) is 0 Å². The third-order valence-corrected chi connectivity index (χ3v) is 2.75. The van der Waals surface area contributed by atoms with E-state index in [1.807, 2.05) is 20.9 Å². The summed E-state index contributed by atoms with van der Waals surface area (Å²) in [5.74, 6) is -0.782. The van der Waals surface area contributed by atoms with Crippen LogP contribution in [0.5, 0.6) is 0 Å². The highest BCUT2D eigenvalue weighted by Crippen LogP contribution is 2.30. The van der Waals surface area contributed by atoms with Gasteiger partial charge in [0.05, 0.1) is 11.0 Å². The normalized spacial score (nSPS) is 10.9. The van der Waals surface area contributed by atoms with E-state index >= 15 is 0 Å². The van der Waals surface area contributed by atoms with Crippen LogP contribution in [0.1, 0.15) is 17.0 Å². The number of aliphatic carboxylic acids is 1. The van der Waals surface area contributed by atoms with Gasteiger partial charge in [0.2, 0.25) is 5.71 Å². The van der Waals surface area contributed by atoms with Crippen LogP contribution < -0.4 is 0 Å². The minimum absolute atomic E-state index is 0.0439. The Bertz CT molecular complexity index is 604. The summed E-state index contributed by atoms with van der Waals surface area (Å²) in [6.07, 6.45) is 0. The topological polar surface area (TPSA) is 68.3 Å². The highest BCUT2D eigenvalue weighted by Gasteiger charge is 2.21. The number of fused-ring (bicyclic) bond motifs is 1. The molecule has 2 heterocycles. The van der Waals surface area contributed by atoms with Crippen molar-refractivity contribution in [2.75, 3.05) is 0 Å². The van der Waals surface area contributed by atoms with Crippen LogP contribution in [0.3, 0.4) is 0 Å². The van der Waals surface area contributed by atoms with Gasteiger partial charge >= 0.3 is 5.97 Å². The average Bonchev–Trinajstić information content (AvgIpc) is 2.66. The van der Waals surface area contributed by atoms with Crippen LogP contribution in [0.15, 0.2) is 11.0 Å². The average molecular weight is 220 g/mol. The molecule has 16 heavy (non-hydrogen) atoms. The van der Waals surface area contributed by atoms with Crippen molar-refractivity contribution in [2.45, 2.75) is 13.8 Å². The predicted molar refractivity (Wildman–Crippen MR) is 59.1 cm³/mol. The first-order chi connectivity index (χ1) is 7.43. The Morgan fingerprint density at radius 2 is 2.12 bits per heavy atom. The molecule has 0 bridgehead atoms. The van der Waals surface area contributed by atoms with Gasteiger partial charge < -0.3 is 9.52 Å². The second kappa shape index (κ2) is 3.23. The number of hydrogen-bond acceptors (Lipinski definition) is 3. The van der Waals surface area contributed by atoms with Crippen molar-refractivity contribution < 1.29 is 14.3 Å². The van der Waals surface area contributed by atoms with E-state index in [1.165, 1.54) is 0 Å². The zero-order valence-electron chi connectivity index (χ0n) is 9.37. The van der Waals surface area contributed by atoms with Crippen molar-refractivity contribution in [1.29, 1.82) is 0 Å². The molecule has 0 unspecified atom stereocenters. The fourth-order valence-corrected chi connectivity index (χ4v) is 1.75. The molecule has 0 aliphatic rings. The molecule has 2 aromatic rings. The van der Waals surface area contributed by atoms with Gasteiger partial charge in [-0.2, -0.15) is 0 Å². The summed E-state index contributed by atoms with van der Waals surface area (Å²) < 4.78 is 7.11. The van der Waals surface area contributed by atoms with Gasteiger partial charge in [-0.1, -0.05) is 6.58 Å². The lowest BCUT2D eigenvalue weighted by Gasteiger charge is -1.98. The molecule has 5 nitrogen and oxygen atoms in total. The maximum absolute atomic E-state index is 10.8. The number of nitrogens with zero attached hydrogens (tertiary/aromatic N) is 2. The lowest BCUT2D eigenvalue weighted by Crippen LogP contribution is -1.99. The summed E-state index contributed by atoms with van der Waals surface area (Å²) >= 11 is 0. The first-order valence-corrected chi connectivity index (χ1v) is 4.78. The minimum atomic E-state index is -1.08. The molecular weight excluding hydrogens is 208 g/mol. The smallest absolute Gasteiger partial charge is 0.338 e. The molecule has 0 aliphatic heterocycles. The van der Waals surface area contributed by atoms with Crippen LogP contribution >= 0.6 is 0 Å². The molecule has 2 aromatic heterocycles. The summed E-state index contributed by atoms with van der Waals surface area (Å²) in [7, 11) is 1.82. The number of aromatic nitrogens is 2. The highest BCUT2D eigenvalue weighted by atomic mass is 16.4. The van der Waals surface area contributed by atoms with Gasteiger partial charge in [0.25, 0.3) is 0 Å². The largest absolute Gasteiger partial charge is 0.478 e. The van der Waals surface area contributed by atoms with Crippen molar-refractivity contribution in [3.05, 3.63) is 23.6 Å². The zero-order chi connectivity index (χ0) is 12.0. The molecule has 0 spiro atoms. The van der Waals surface area contributed by atoms with Gasteiger partial charge in [-0.05, 0) is 13.8 Å². The molecule has 0 atom stereocenters. The van der Waals surface area contributed by atoms with E-state index < -0.39 is 5.97 Å². The van der Waals surface area contributed by atoms with Crippen molar-refractivity contribution in [2.24, 2.45) is 7.05 Å². The van der Waals surface area contributed by atoms with E-state index in [4.69, 9.17) is 9.52 Å². The van der Waals surface area contributed by atoms with E-state index in [1.54, 1.807) is 4.68 Å². The Labute approximate surface area is 92.0 Å². The van der Waals surface area contributed by atoms with E-state index in [9.17, 15) is 4.79 Å². The second-order valence-corrected chi connectivity index (χ2v) is 3.73. The maximum Gasteiger partial charge on any atom is 0.338 e. The summed E-state index contributed by atoms with van der Waals surface area (Å²) in [6.45, 7) is 7.20. The third kappa shape index (κ3) is 1.25. The monoisotopic (exact) mass is 220 g/mol. The second-order valence-electron chi connectivity index (χ2n) is 3.73. The van der Waals surface area contributed by atoms with Gasteiger partial charge in [-0.25, -0.2) is 4.79 Å². The molecule has 0 saturated carbocycles. The Kier molecular flexibility index (Phi) is 2.11. The van der Waals surface area contributed by atoms with E-state index in [0.717, 1.165) is 16.6 Å². The molecule has 2 rings (SSSR count). The number of rotatable bonds is 2. The van der Waals surface area contributed by atoms with Gasteiger partial charge in [0.15, 0.2) is 0 Å². The summed E-state index contributed by atoms with van der Waals surface area (Å²) in [5, 5.41) is 13.9. The zero-order valence-corrected chi connectivity index (χ0v) is 9.37. The fraction of sp³-hybridized carbons (Fsp3) is 0.273. The van der Waals surface area contributed by atoms with Crippen LogP contribution in [0.25, 0.3) is 16.7 Å². The molecule has 0 aromatic carbocycles. The lowest BCUT2D eigenvalue weighted by atomic mass is 10.1. The van der Waals surface area contributed by atoms with E-state index in [-0.39, 0.29) is 5.57 Å². The molecule has 1 N–H and O–H groups in total. The number of carbonyl (C=O) groups is 1. The lowest BCUT2D eigenvalue weighted by molar-refractivity contribution is -0.130. The van der Waals surface area contributed by atoms with Crippen LogP contribution in [-0.4, -0.2) is 20.9 Å². The SMILES string of the molecule is C=C(C(=O)O)c1oc2nn(C)c(C)c2c1C. The molecule has 0 amide bonds. The van der Waals surface area contributed by atoms with Gasteiger partial charge in [-0.3, -0.25) is 4.68 Å². The van der Waals surface area contributed by atoms with Crippen molar-refractivity contribution >= 4 is 22.6 Å². The Hall–Kier alpha value is -2.04. The molecule has 84 valence electrons. The first kappa shape index (κ1) is 10.5. The molecule has 0 fully saturated rings. The molecule has 5 heteroatoms. The van der Waals surface area contributed by atoms with Crippen LogP contribution in [0, 0.1) is 13.8 Å². The summed E-state index contributed by atoms with van der Waals surface area (Å²) in [5.41, 5.74) is 2.13. The first-order valence-electron chi connectivity index (χ1n) is 4.78. The number of hydrogen-bond donors (Lipinski definition) is 1. The molecule has 0 saturated heterocycles. The van der Waals surface area contributed by atoms with Crippen molar-refractivity contribution in [1.82, 2.24) is 9.78 Å². The third-order valence-electron chi connectivity index (χ3n) is 2.75. The summed E-state index contributed by atoms with van der Waals surface area (Å²) in [4.78, 5) is 10.8.